The molecule has 1 aromatic heterocycles. The third-order valence-corrected chi connectivity index (χ3v) is 3.96. The van der Waals surface area contributed by atoms with Crippen LogP contribution in [0.2, 0.25) is 0 Å². The van der Waals surface area contributed by atoms with Crippen molar-refractivity contribution < 1.29 is 0 Å². The smallest absolute Gasteiger partial charge is 0.344 e. The largest absolute Gasteiger partial charge is 0.399 e. The van der Waals surface area contributed by atoms with E-state index < -0.39 is 0 Å². The van der Waals surface area contributed by atoms with Gasteiger partial charge in [-0.15, -0.1) is 5.10 Å². The molecule has 0 atom stereocenters. The second-order valence-corrected chi connectivity index (χ2v) is 5.39. The van der Waals surface area contributed by atoms with Gasteiger partial charge in [0.1, 0.15) is 6.07 Å². The number of hydrogen-bond donors (Lipinski definition) is 2. The van der Waals surface area contributed by atoms with E-state index in [1.54, 1.807) is 22.8 Å². The molecule has 1 aliphatic carbocycles. The molecule has 0 unspecified atom stereocenters. The first kappa shape index (κ1) is 11.9. The van der Waals surface area contributed by atoms with E-state index >= 15 is 0 Å². The highest BCUT2D eigenvalue weighted by atomic mass is 32.2. The van der Waals surface area contributed by atoms with Gasteiger partial charge in [0.15, 0.2) is 5.16 Å². The van der Waals surface area contributed by atoms with Crippen LogP contribution in [0.3, 0.4) is 0 Å². The van der Waals surface area contributed by atoms with Crippen molar-refractivity contribution in [1.82, 2.24) is 14.8 Å². The average Bonchev–Trinajstić information content (AvgIpc) is 3.17. The summed E-state index contributed by atoms with van der Waals surface area (Å²) >= 11 is 1.31. The SMILES string of the molecule is N#Cc1cc(N)ccc1Sc1n[nH]c(=O)n1C1CC1. The number of aromatic amines is 1. The maximum atomic E-state index is 11.7. The van der Waals surface area contributed by atoms with E-state index in [0.29, 0.717) is 16.4 Å². The highest BCUT2D eigenvalue weighted by Crippen LogP contribution is 2.38. The van der Waals surface area contributed by atoms with Crippen LogP contribution < -0.4 is 11.4 Å². The lowest BCUT2D eigenvalue weighted by Gasteiger charge is -2.05. The first-order valence-corrected chi connectivity index (χ1v) is 6.65. The summed E-state index contributed by atoms with van der Waals surface area (Å²) in [5.74, 6) is 0. The maximum Gasteiger partial charge on any atom is 0.344 e. The Bertz CT molecular complexity index is 722. The number of nitrogens with zero attached hydrogens (tertiary/aromatic N) is 3. The number of H-pyrrole nitrogens is 1. The highest BCUT2D eigenvalue weighted by molar-refractivity contribution is 7.99. The first-order valence-electron chi connectivity index (χ1n) is 5.83. The van der Waals surface area contributed by atoms with E-state index in [9.17, 15) is 4.79 Å². The number of hydrogen-bond acceptors (Lipinski definition) is 5. The molecule has 1 aliphatic rings. The monoisotopic (exact) mass is 273 g/mol. The minimum atomic E-state index is -0.195. The number of nitrogens with one attached hydrogen (secondary N) is 1. The van der Waals surface area contributed by atoms with E-state index in [4.69, 9.17) is 11.0 Å². The molecular formula is C12H11N5OS. The lowest BCUT2D eigenvalue weighted by atomic mass is 10.2. The lowest BCUT2D eigenvalue weighted by Crippen LogP contribution is -2.16. The zero-order valence-electron chi connectivity index (χ0n) is 9.96. The Morgan fingerprint density at radius 2 is 2.32 bits per heavy atom. The van der Waals surface area contributed by atoms with Crippen LogP contribution in [0.4, 0.5) is 5.69 Å². The molecule has 2 aromatic rings. The predicted molar refractivity (Wildman–Crippen MR) is 70.8 cm³/mol. The van der Waals surface area contributed by atoms with Gasteiger partial charge in [0.05, 0.1) is 5.56 Å². The van der Waals surface area contributed by atoms with E-state index in [-0.39, 0.29) is 11.7 Å². The van der Waals surface area contributed by atoms with Gasteiger partial charge >= 0.3 is 5.69 Å². The summed E-state index contributed by atoms with van der Waals surface area (Å²) < 4.78 is 1.65. The summed E-state index contributed by atoms with van der Waals surface area (Å²) in [4.78, 5) is 12.4. The predicted octanol–water partition coefficient (Wildman–Crippen LogP) is 1.51. The summed E-state index contributed by atoms with van der Waals surface area (Å²) in [6.45, 7) is 0. The molecule has 1 fully saturated rings. The molecule has 1 aromatic carbocycles. The van der Waals surface area contributed by atoms with Crippen molar-refractivity contribution in [3.63, 3.8) is 0 Å². The molecular weight excluding hydrogens is 262 g/mol. The summed E-state index contributed by atoms with van der Waals surface area (Å²) in [5.41, 5.74) is 6.49. The van der Waals surface area contributed by atoms with Crippen LogP contribution in [0, 0.1) is 11.3 Å². The Kier molecular flexibility index (Phi) is 2.80. The zero-order chi connectivity index (χ0) is 13.4. The maximum absolute atomic E-state index is 11.7. The summed E-state index contributed by atoms with van der Waals surface area (Å²) in [5, 5.41) is 16.2. The molecule has 0 aliphatic heterocycles. The Labute approximate surface area is 113 Å². The van der Waals surface area contributed by atoms with Crippen LogP contribution in [0.25, 0.3) is 0 Å². The van der Waals surface area contributed by atoms with Crippen LogP contribution in [-0.2, 0) is 0 Å². The molecule has 1 saturated carbocycles. The topological polar surface area (TPSA) is 100 Å². The van der Waals surface area contributed by atoms with Crippen molar-refractivity contribution in [2.45, 2.75) is 28.9 Å². The molecule has 1 heterocycles. The molecule has 0 saturated heterocycles. The number of nitrogen functional groups attached to an aromatic ring is 1. The fourth-order valence-corrected chi connectivity index (χ4v) is 2.81. The Balaban J connectivity index is 1.98. The second-order valence-electron chi connectivity index (χ2n) is 4.38. The summed E-state index contributed by atoms with van der Waals surface area (Å²) in [6, 6.07) is 7.47. The van der Waals surface area contributed by atoms with E-state index in [1.165, 1.54) is 11.8 Å². The van der Waals surface area contributed by atoms with Crippen molar-refractivity contribution in [3.8, 4) is 6.07 Å². The molecule has 96 valence electrons. The third-order valence-electron chi connectivity index (χ3n) is 2.91. The van der Waals surface area contributed by atoms with Gasteiger partial charge in [0.2, 0.25) is 0 Å². The number of rotatable bonds is 3. The molecule has 7 heteroatoms. The van der Waals surface area contributed by atoms with Gasteiger partial charge < -0.3 is 5.73 Å². The van der Waals surface area contributed by atoms with Crippen molar-refractivity contribution in [2.24, 2.45) is 0 Å². The van der Waals surface area contributed by atoms with E-state index in [1.807, 2.05) is 0 Å². The summed E-state index contributed by atoms with van der Waals surface area (Å²) in [6.07, 6.45) is 2.00. The number of nitriles is 1. The van der Waals surface area contributed by atoms with Gasteiger partial charge in [-0.05, 0) is 42.8 Å². The second kappa shape index (κ2) is 4.48. The molecule has 3 rings (SSSR count). The fraction of sp³-hybridized carbons (Fsp3) is 0.250. The van der Waals surface area contributed by atoms with E-state index in [2.05, 4.69) is 16.3 Å². The average molecular weight is 273 g/mol. The number of nitrogens with two attached hydrogens (primary N) is 1. The molecule has 0 amide bonds. The fourth-order valence-electron chi connectivity index (χ4n) is 1.84. The molecule has 0 spiro atoms. The molecule has 0 radical (unpaired) electrons. The van der Waals surface area contributed by atoms with Crippen LogP contribution >= 0.6 is 11.8 Å². The van der Waals surface area contributed by atoms with Crippen molar-refractivity contribution in [3.05, 3.63) is 34.2 Å². The van der Waals surface area contributed by atoms with E-state index in [0.717, 1.165) is 17.7 Å². The van der Waals surface area contributed by atoms with Crippen LogP contribution in [-0.4, -0.2) is 14.8 Å². The van der Waals surface area contributed by atoms with Crippen molar-refractivity contribution >= 4 is 17.4 Å². The Hall–Kier alpha value is -2.20. The van der Waals surface area contributed by atoms with Crippen molar-refractivity contribution in [1.29, 1.82) is 5.26 Å². The van der Waals surface area contributed by atoms with Gasteiger partial charge in [-0.25, -0.2) is 9.89 Å². The number of benzene rings is 1. The molecule has 6 nitrogen and oxygen atoms in total. The van der Waals surface area contributed by atoms with Crippen LogP contribution in [0.1, 0.15) is 24.4 Å². The van der Waals surface area contributed by atoms with Crippen molar-refractivity contribution in [2.75, 3.05) is 5.73 Å². The van der Waals surface area contributed by atoms with Gasteiger partial charge in [-0.3, -0.25) is 4.57 Å². The Morgan fingerprint density at radius 3 is 3.00 bits per heavy atom. The zero-order valence-corrected chi connectivity index (χ0v) is 10.8. The Morgan fingerprint density at radius 1 is 1.53 bits per heavy atom. The number of anilines is 1. The molecule has 19 heavy (non-hydrogen) atoms. The van der Waals surface area contributed by atoms with Crippen LogP contribution in [0.5, 0.6) is 0 Å². The van der Waals surface area contributed by atoms with Crippen LogP contribution in [0.15, 0.2) is 33.0 Å². The standard InChI is InChI=1S/C12H11N5OS/c13-6-7-5-8(14)1-4-10(7)19-12-16-15-11(18)17(12)9-2-3-9/h1,4-5,9H,2-3,14H2,(H,15,18). The highest BCUT2D eigenvalue weighted by Gasteiger charge is 2.28. The first-order chi connectivity index (χ1) is 9.19. The quantitative estimate of drug-likeness (QED) is 0.825. The normalized spacial score (nSPS) is 14.3. The minimum Gasteiger partial charge on any atom is -0.399 e. The molecule has 3 N–H and O–H groups in total. The van der Waals surface area contributed by atoms with Gasteiger partial charge in [-0.2, -0.15) is 5.26 Å². The lowest BCUT2D eigenvalue weighted by molar-refractivity contribution is 0.642. The molecule has 0 bridgehead atoms. The third kappa shape index (κ3) is 2.22. The number of aromatic nitrogens is 3. The van der Waals surface area contributed by atoms with Gasteiger partial charge in [-0.1, -0.05) is 0 Å². The van der Waals surface area contributed by atoms with Gasteiger partial charge in [0.25, 0.3) is 0 Å². The minimum absolute atomic E-state index is 0.195. The van der Waals surface area contributed by atoms with Gasteiger partial charge in [0, 0.05) is 16.6 Å². The summed E-state index contributed by atoms with van der Waals surface area (Å²) in [7, 11) is 0.